The molecule has 0 N–H and O–H groups in total. The molecule has 1 saturated heterocycles. The highest BCUT2D eigenvalue weighted by Crippen LogP contribution is 2.27. The van der Waals surface area contributed by atoms with Crippen molar-refractivity contribution in [1.29, 1.82) is 0 Å². The molecule has 6 nitrogen and oxygen atoms in total. The molecule has 0 bridgehead atoms. The lowest BCUT2D eigenvalue weighted by Crippen LogP contribution is -2.50. The predicted molar refractivity (Wildman–Crippen MR) is 105 cm³/mol. The zero-order valence-electron chi connectivity index (χ0n) is 16.0. The van der Waals surface area contributed by atoms with Crippen LogP contribution in [0.25, 0.3) is 0 Å². The van der Waals surface area contributed by atoms with Crippen molar-refractivity contribution < 1.29 is 21.2 Å². The van der Waals surface area contributed by atoms with Gasteiger partial charge in [-0.25, -0.2) is 21.2 Å². The number of aryl methyl sites for hydroxylation is 3. The van der Waals surface area contributed by atoms with Gasteiger partial charge in [0.05, 0.1) is 4.90 Å². The molecule has 0 unspecified atom stereocenters. The van der Waals surface area contributed by atoms with Gasteiger partial charge in [0.1, 0.15) is 10.7 Å². The Morgan fingerprint density at radius 3 is 1.75 bits per heavy atom. The van der Waals surface area contributed by atoms with E-state index in [1.807, 2.05) is 19.1 Å². The Morgan fingerprint density at radius 1 is 0.786 bits per heavy atom. The Morgan fingerprint density at radius 2 is 1.25 bits per heavy atom. The van der Waals surface area contributed by atoms with Crippen molar-refractivity contribution >= 4 is 20.0 Å². The summed E-state index contributed by atoms with van der Waals surface area (Å²) in [5.41, 5.74) is 2.31. The molecule has 1 fully saturated rings. The first kappa shape index (κ1) is 20.9. The number of nitrogens with zero attached hydrogens (tertiary/aromatic N) is 2. The Balaban J connectivity index is 1.83. The number of hydrogen-bond donors (Lipinski definition) is 0. The van der Waals surface area contributed by atoms with Gasteiger partial charge in [-0.05, 0) is 44.0 Å². The van der Waals surface area contributed by atoms with Crippen LogP contribution in [0.1, 0.15) is 16.7 Å². The van der Waals surface area contributed by atoms with Crippen LogP contribution >= 0.6 is 0 Å². The van der Waals surface area contributed by atoms with Gasteiger partial charge in [-0.15, -0.1) is 0 Å². The fourth-order valence-electron chi connectivity index (χ4n) is 3.65. The van der Waals surface area contributed by atoms with Crippen molar-refractivity contribution in [3.63, 3.8) is 0 Å². The molecular formula is C19H23FN2O4S2. The Kier molecular flexibility index (Phi) is 5.64. The number of benzene rings is 2. The van der Waals surface area contributed by atoms with E-state index in [0.717, 1.165) is 15.9 Å². The highest BCUT2D eigenvalue weighted by molar-refractivity contribution is 7.89. The van der Waals surface area contributed by atoms with E-state index in [-0.39, 0.29) is 31.1 Å². The molecule has 0 aliphatic carbocycles. The number of halogens is 1. The van der Waals surface area contributed by atoms with E-state index in [2.05, 4.69) is 0 Å². The van der Waals surface area contributed by atoms with Crippen LogP contribution in [0.4, 0.5) is 4.39 Å². The average Bonchev–Trinajstić information content (AvgIpc) is 2.61. The maximum absolute atomic E-state index is 13.9. The quantitative estimate of drug-likeness (QED) is 0.753. The maximum Gasteiger partial charge on any atom is 0.246 e. The van der Waals surface area contributed by atoms with Gasteiger partial charge in [0.15, 0.2) is 0 Å². The molecule has 3 rings (SSSR count). The molecule has 0 aromatic heterocycles. The topological polar surface area (TPSA) is 74.8 Å². The van der Waals surface area contributed by atoms with Gasteiger partial charge in [-0.3, -0.25) is 0 Å². The van der Waals surface area contributed by atoms with Gasteiger partial charge >= 0.3 is 0 Å². The van der Waals surface area contributed by atoms with Crippen molar-refractivity contribution in [2.24, 2.45) is 0 Å². The Labute approximate surface area is 165 Å². The fourth-order valence-corrected chi connectivity index (χ4v) is 6.97. The highest BCUT2D eigenvalue weighted by atomic mass is 32.2. The van der Waals surface area contributed by atoms with Crippen LogP contribution < -0.4 is 0 Å². The SMILES string of the molecule is Cc1cc(C)c(S(=O)(=O)N2CCN(S(=O)(=O)c3ccccc3F)CC2)c(C)c1. The summed E-state index contributed by atoms with van der Waals surface area (Å²) in [5.74, 6) is -0.816. The minimum Gasteiger partial charge on any atom is -0.207 e. The Bertz CT molecular complexity index is 1080. The summed E-state index contributed by atoms with van der Waals surface area (Å²) >= 11 is 0. The fraction of sp³-hybridized carbons (Fsp3) is 0.368. The molecule has 28 heavy (non-hydrogen) atoms. The van der Waals surface area contributed by atoms with Crippen LogP contribution in [0.5, 0.6) is 0 Å². The van der Waals surface area contributed by atoms with Crippen LogP contribution in [0.15, 0.2) is 46.2 Å². The van der Waals surface area contributed by atoms with Crippen LogP contribution in [0.2, 0.25) is 0 Å². The largest absolute Gasteiger partial charge is 0.246 e. The zero-order valence-corrected chi connectivity index (χ0v) is 17.6. The monoisotopic (exact) mass is 426 g/mol. The first-order valence-electron chi connectivity index (χ1n) is 8.88. The van der Waals surface area contributed by atoms with E-state index in [9.17, 15) is 21.2 Å². The molecular weight excluding hydrogens is 403 g/mol. The molecule has 0 saturated carbocycles. The van der Waals surface area contributed by atoms with E-state index in [0.29, 0.717) is 11.1 Å². The van der Waals surface area contributed by atoms with Crippen LogP contribution in [-0.2, 0) is 20.0 Å². The minimum absolute atomic E-state index is 0.0166. The summed E-state index contributed by atoms with van der Waals surface area (Å²) in [6.07, 6.45) is 0. The third kappa shape index (κ3) is 3.71. The summed E-state index contributed by atoms with van der Waals surface area (Å²) in [5, 5.41) is 0. The summed E-state index contributed by atoms with van der Waals surface area (Å²) in [4.78, 5) is -0.125. The van der Waals surface area contributed by atoms with Crippen molar-refractivity contribution in [3.05, 3.63) is 58.9 Å². The average molecular weight is 427 g/mol. The molecule has 0 amide bonds. The lowest BCUT2D eigenvalue weighted by atomic mass is 10.1. The maximum atomic E-state index is 13.9. The number of rotatable bonds is 4. The zero-order chi connectivity index (χ0) is 20.7. The molecule has 1 heterocycles. The lowest BCUT2D eigenvalue weighted by Gasteiger charge is -2.34. The molecule has 2 aromatic rings. The van der Waals surface area contributed by atoms with Crippen molar-refractivity contribution in [1.82, 2.24) is 8.61 Å². The van der Waals surface area contributed by atoms with Gasteiger partial charge in [-0.2, -0.15) is 8.61 Å². The summed E-state index contributed by atoms with van der Waals surface area (Å²) in [6.45, 7) is 5.39. The molecule has 1 aliphatic heterocycles. The molecule has 0 atom stereocenters. The third-order valence-electron chi connectivity index (χ3n) is 4.85. The normalized spacial score (nSPS) is 17.0. The van der Waals surface area contributed by atoms with E-state index in [1.54, 1.807) is 13.8 Å². The standard InChI is InChI=1S/C19H23FN2O4S2/c1-14-12-15(2)19(16(3)13-14)28(25,26)22-10-8-21(9-11-22)27(23,24)18-7-5-4-6-17(18)20/h4-7,12-13H,8-11H2,1-3H3. The minimum atomic E-state index is -4.01. The second kappa shape index (κ2) is 7.55. The molecule has 2 aromatic carbocycles. The Hall–Kier alpha value is -1.81. The van der Waals surface area contributed by atoms with E-state index >= 15 is 0 Å². The second-order valence-corrected chi connectivity index (χ2v) is 10.7. The summed E-state index contributed by atoms with van der Waals surface area (Å²) < 4.78 is 68.0. The van der Waals surface area contributed by atoms with Gasteiger partial charge in [-0.1, -0.05) is 29.8 Å². The van der Waals surface area contributed by atoms with Crippen molar-refractivity contribution in [3.8, 4) is 0 Å². The second-order valence-electron chi connectivity index (χ2n) is 6.97. The molecule has 9 heteroatoms. The van der Waals surface area contributed by atoms with E-state index in [4.69, 9.17) is 0 Å². The smallest absolute Gasteiger partial charge is 0.207 e. The number of hydrogen-bond acceptors (Lipinski definition) is 4. The van der Waals surface area contributed by atoms with Crippen LogP contribution in [0, 0.1) is 26.6 Å². The van der Waals surface area contributed by atoms with Gasteiger partial charge in [0, 0.05) is 26.2 Å². The number of sulfonamides is 2. The molecule has 152 valence electrons. The van der Waals surface area contributed by atoms with Crippen molar-refractivity contribution in [2.45, 2.75) is 30.6 Å². The summed E-state index contributed by atoms with van der Waals surface area (Å²) in [7, 11) is -7.76. The first-order chi connectivity index (χ1) is 13.0. The number of piperazine rings is 1. The van der Waals surface area contributed by atoms with Crippen molar-refractivity contribution in [2.75, 3.05) is 26.2 Å². The first-order valence-corrected chi connectivity index (χ1v) is 11.8. The molecule has 1 aliphatic rings. The van der Waals surface area contributed by atoms with Gasteiger partial charge < -0.3 is 0 Å². The lowest BCUT2D eigenvalue weighted by molar-refractivity contribution is 0.272. The predicted octanol–water partition coefficient (Wildman–Crippen LogP) is 2.45. The molecule has 0 radical (unpaired) electrons. The third-order valence-corrected chi connectivity index (χ3v) is 8.99. The van der Waals surface area contributed by atoms with Crippen LogP contribution in [-0.4, -0.2) is 51.6 Å². The van der Waals surface area contributed by atoms with E-state index < -0.39 is 30.8 Å². The van der Waals surface area contributed by atoms with Gasteiger partial charge in [0.25, 0.3) is 0 Å². The van der Waals surface area contributed by atoms with Crippen LogP contribution in [0.3, 0.4) is 0 Å². The highest BCUT2D eigenvalue weighted by Gasteiger charge is 2.35. The van der Waals surface area contributed by atoms with E-state index in [1.165, 1.54) is 22.5 Å². The molecule has 0 spiro atoms. The summed E-state index contributed by atoms with van der Waals surface area (Å²) in [6, 6.07) is 8.83. The van der Waals surface area contributed by atoms with Gasteiger partial charge in [0.2, 0.25) is 20.0 Å².